The summed E-state index contributed by atoms with van der Waals surface area (Å²) in [6.07, 6.45) is 0. The van der Waals surface area contributed by atoms with Gasteiger partial charge in [0.25, 0.3) is 0 Å². The highest BCUT2D eigenvalue weighted by Gasteiger charge is 2.63. The molecule has 0 aliphatic carbocycles. The second kappa shape index (κ2) is 7.35. The molecule has 0 heterocycles. The Bertz CT molecular complexity index is 422. The molecule has 8 nitrogen and oxygen atoms in total. The Balaban J connectivity index is 5.88. The van der Waals surface area contributed by atoms with Crippen LogP contribution in [-0.2, 0) is 32.7 Å². The molecular weight excluding hydrogens is 301 g/mol. The fraction of sp³-hybridized carbons (Fsp3) is 0.833. The first-order chi connectivity index (χ1) is 9.48. The Labute approximate surface area is 124 Å². The summed E-state index contributed by atoms with van der Waals surface area (Å²) in [6, 6.07) is 0. The van der Waals surface area contributed by atoms with Crippen molar-refractivity contribution in [2.75, 3.05) is 20.3 Å². The van der Waals surface area contributed by atoms with Crippen molar-refractivity contribution >= 4 is 19.5 Å². The van der Waals surface area contributed by atoms with Gasteiger partial charge in [-0.05, 0) is 34.6 Å². The van der Waals surface area contributed by atoms with E-state index in [0.717, 1.165) is 7.11 Å². The number of rotatable bonds is 7. The Morgan fingerprint density at radius 3 is 1.76 bits per heavy atom. The normalized spacial score (nSPS) is 15.2. The number of carbonyl (C=O) groups is 2. The number of methoxy groups -OCH3 is 1. The standard InChI is InChI=1S/C12H24NO7P/c1-7-18-21(16,19-8-2)12(13,9(14)17-6)10(15)20-11(3,4)5/h7-8,13H2,1-6H3. The van der Waals surface area contributed by atoms with Crippen LogP contribution in [0.25, 0.3) is 0 Å². The van der Waals surface area contributed by atoms with Crippen LogP contribution in [0.5, 0.6) is 0 Å². The molecule has 2 N–H and O–H groups in total. The van der Waals surface area contributed by atoms with Crippen molar-refractivity contribution in [1.82, 2.24) is 0 Å². The first-order valence-corrected chi connectivity index (χ1v) is 8.02. The third-order valence-electron chi connectivity index (χ3n) is 2.24. The topological polar surface area (TPSA) is 114 Å². The van der Waals surface area contributed by atoms with Crippen LogP contribution in [-0.4, -0.2) is 43.1 Å². The molecule has 0 aromatic rings. The maximum absolute atomic E-state index is 12.8. The predicted octanol–water partition coefficient (Wildman–Crippen LogP) is 1.42. The lowest BCUT2D eigenvalue weighted by molar-refractivity contribution is -0.166. The summed E-state index contributed by atoms with van der Waals surface area (Å²) in [4.78, 5) is 24.3. The lowest BCUT2D eigenvalue weighted by atomic mass is 10.2. The number of carbonyl (C=O) groups excluding carboxylic acids is 2. The fourth-order valence-electron chi connectivity index (χ4n) is 1.40. The molecule has 9 heteroatoms. The quantitative estimate of drug-likeness (QED) is 0.424. The zero-order valence-corrected chi connectivity index (χ0v) is 14.2. The highest BCUT2D eigenvalue weighted by Crippen LogP contribution is 2.58. The van der Waals surface area contributed by atoms with Gasteiger partial charge < -0.3 is 18.5 Å². The van der Waals surface area contributed by atoms with Crippen molar-refractivity contribution in [2.45, 2.75) is 45.5 Å². The molecule has 0 spiro atoms. The molecule has 0 aliphatic rings. The number of hydrogen-bond acceptors (Lipinski definition) is 8. The van der Waals surface area contributed by atoms with Crippen molar-refractivity contribution in [2.24, 2.45) is 5.73 Å². The first-order valence-electron chi connectivity index (χ1n) is 6.48. The molecule has 1 unspecified atom stereocenters. The number of esters is 2. The third-order valence-corrected chi connectivity index (χ3v) is 4.66. The molecule has 0 fully saturated rings. The van der Waals surface area contributed by atoms with Crippen molar-refractivity contribution in [3.05, 3.63) is 0 Å². The van der Waals surface area contributed by atoms with Gasteiger partial charge in [0.2, 0.25) is 0 Å². The van der Waals surface area contributed by atoms with Crippen LogP contribution in [0.3, 0.4) is 0 Å². The monoisotopic (exact) mass is 325 g/mol. The minimum absolute atomic E-state index is 0.0734. The van der Waals surface area contributed by atoms with E-state index in [0.29, 0.717) is 0 Å². The Kier molecular flexibility index (Phi) is 7.02. The molecule has 0 aliphatic heterocycles. The van der Waals surface area contributed by atoms with Gasteiger partial charge in [0.05, 0.1) is 20.3 Å². The Morgan fingerprint density at radius 1 is 1.05 bits per heavy atom. The average molecular weight is 325 g/mol. The van der Waals surface area contributed by atoms with E-state index in [2.05, 4.69) is 4.74 Å². The van der Waals surface area contributed by atoms with E-state index >= 15 is 0 Å². The molecule has 0 aromatic heterocycles. The number of nitrogens with two attached hydrogens (primary N) is 1. The fourth-order valence-corrected chi connectivity index (χ4v) is 3.15. The van der Waals surface area contributed by atoms with Crippen molar-refractivity contribution in [1.29, 1.82) is 0 Å². The van der Waals surface area contributed by atoms with E-state index in [4.69, 9.17) is 19.5 Å². The van der Waals surface area contributed by atoms with Gasteiger partial charge in [-0.3, -0.25) is 10.3 Å². The lowest BCUT2D eigenvalue weighted by Gasteiger charge is -2.33. The zero-order chi connectivity index (χ0) is 16.9. The lowest BCUT2D eigenvalue weighted by Crippen LogP contribution is -2.57. The molecule has 0 aromatic carbocycles. The van der Waals surface area contributed by atoms with E-state index < -0.39 is 30.4 Å². The van der Waals surface area contributed by atoms with E-state index in [9.17, 15) is 14.2 Å². The minimum Gasteiger partial charge on any atom is -0.467 e. The van der Waals surface area contributed by atoms with Gasteiger partial charge in [-0.1, -0.05) is 0 Å². The van der Waals surface area contributed by atoms with Crippen LogP contribution in [0.1, 0.15) is 34.6 Å². The van der Waals surface area contributed by atoms with Crippen molar-refractivity contribution in [3.8, 4) is 0 Å². The SMILES string of the molecule is CCOP(=O)(OCC)C(N)(C(=O)OC)C(=O)OC(C)(C)C. The average Bonchev–Trinajstić information content (AvgIpc) is 2.35. The predicted molar refractivity (Wildman–Crippen MR) is 75.6 cm³/mol. The largest absolute Gasteiger partial charge is 0.467 e. The van der Waals surface area contributed by atoms with Gasteiger partial charge >= 0.3 is 24.8 Å². The van der Waals surface area contributed by atoms with E-state index in [1.54, 1.807) is 20.8 Å². The highest BCUT2D eigenvalue weighted by atomic mass is 31.2. The summed E-state index contributed by atoms with van der Waals surface area (Å²) >= 11 is 0. The summed E-state index contributed by atoms with van der Waals surface area (Å²) in [7, 11) is -3.32. The molecule has 0 amide bonds. The highest BCUT2D eigenvalue weighted by molar-refractivity contribution is 7.58. The maximum Gasteiger partial charge on any atom is 0.373 e. The zero-order valence-electron chi connectivity index (χ0n) is 13.3. The van der Waals surface area contributed by atoms with Gasteiger partial charge in [-0.2, -0.15) is 0 Å². The van der Waals surface area contributed by atoms with Crippen LogP contribution in [0.15, 0.2) is 0 Å². The summed E-state index contributed by atoms with van der Waals surface area (Å²) < 4.78 is 32.4. The smallest absolute Gasteiger partial charge is 0.373 e. The van der Waals surface area contributed by atoms with Crippen LogP contribution in [0.4, 0.5) is 0 Å². The molecule has 0 bridgehead atoms. The van der Waals surface area contributed by atoms with Gasteiger partial charge in [0.15, 0.2) is 0 Å². The molecule has 1 atom stereocenters. The Hall–Kier alpha value is -0.950. The molecule has 0 radical (unpaired) electrons. The van der Waals surface area contributed by atoms with Crippen LogP contribution >= 0.6 is 7.60 Å². The number of hydrogen-bond donors (Lipinski definition) is 1. The molecule has 0 saturated carbocycles. The van der Waals surface area contributed by atoms with Gasteiger partial charge in [0, 0.05) is 0 Å². The maximum atomic E-state index is 12.8. The number of ether oxygens (including phenoxy) is 2. The molecule has 124 valence electrons. The van der Waals surface area contributed by atoms with Gasteiger partial charge in [0.1, 0.15) is 5.60 Å². The van der Waals surface area contributed by atoms with Crippen molar-refractivity contribution < 1.29 is 32.7 Å². The van der Waals surface area contributed by atoms with E-state index in [1.807, 2.05) is 0 Å². The third kappa shape index (κ3) is 4.51. The molecule has 0 saturated heterocycles. The summed E-state index contributed by atoms with van der Waals surface area (Å²) in [5, 5.41) is -2.68. The second-order valence-corrected chi connectivity index (χ2v) is 7.31. The molecular formula is C12H24NO7P. The summed E-state index contributed by atoms with van der Waals surface area (Å²) in [6.45, 7) is 7.64. The van der Waals surface area contributed by atoms with E-state index in [1.165, 1.54) is 13.8 Å². The molecule has 0 rings (SSSR count). The minimum atomic E-state index is -4.33. The van der Waals surface area contributed by atoms with Crippen LogP contribution < -0.4 is 5.73 Å². The summed E-state index contributed by atoms with van der Waals surface area (Å²) in [5.41, 5.74) is 4.85. The molecule has 21 heavy (non-hydrogen) atoms. The van der Waals surface area contributed by atoms with Gasteiger partial charge in [-0.15, -0.1) is 0 Å². The van der Waals surface area contributed by atoms with Gasteiger partial charge in [-0.25, -0.2) is 9.59 Å². The first kappa shape index (κ1) is 20.1. The van der Waals surface area contributed by atoms with Crippen LogP contribution in [0, 0.1) is 0 Å². The van der Waals surface area contributed by atoms with E-state index in [-0.39, 0.29) is 13.2 Å². The van der Waals surface area contributed by atoms with Crippen molar-refractivity contribution in [3.63, 3.8) is 0 Å². The second-order valence-electron chi connectivity index (χ2n) is 5.09. The summed E-state index contributed by atoms with van der Waals surface area (Å²) in [5.74, 6) is -2.48. The Morgan fingerprint density at radius 2 is 1.48 bits per heavy atom. The van der Waals surface area contributed by atoms with Crippen LogP contribution in [0.2, 0.25) is 0 Å².